The molecule has 0 bridgehead atoms. The first-order valence-electron chi connectivity index (χ1n) is 5.46. The number of aromatic carboxylic acids is 1. The summed E-state index contributed by atoms with van der Waals surface area (Å²) in [6.07, 6.45) is -2.79. The van der Waals surface area contributed by atoms with E-state index in [2.05, 4.69) is 0 Å². The smallest absolute Gasteiger partial charge is 0.336 e. The molecule has 0 radical (unpaired) electrons. The van der Waals surface area contributed by atoms with E-state index in [1.807, 2.05) is 0 Å². The Labute approximate surface area is 108 Å². The van der Waals surface area contributed by atoms with Crippen LogP contribution >= 0.6 is 0 Å². The number of carboxylic acids is 1. The fourth-order valence-electron chi connectivity index (χ4n) is 1.64. The summed E-state index contributed by atoms with van der Waals surface area (Å²) in [6, 6.07) is 2.98. The molecule has 5 N–H and O–H groups in total. The van der Waals surface area contributed by atoms with Gasteiger partial charge in [-0.1, -0.05) is 0 Å². The Morgan fingerprint density at radius 3 is 2.53 bits per heavy atom. The maximum atomic E-state index is 11.0. The van der Waals surface area contributed by atoms with Crippen LogP contribution in [0.4, 0.5) is 5.69 Å². The van der Waals surface area contributed by atoms with Crippen LogP contribution in [0.5, 0.6) is 0 Å². The van der Waals surface area contributed by atoms with E-state index >= 15 is 0 Å². The summed E-state index contributed by atoms with van der Waals surface area (Å²) in [5.41, 5.74) is 4.36. The zero-order valence-electron chi connectivity index (χ0n) is 9.89. The normalized spacial score (nSPS) is 13.8. The van der Waals surface area contributed by atoms with Gasteiger partial charge in [0.1, 0.15) is 6.10 Å². The highest BCUT2D eigenvalue weighted by molar-refractivity contribution is 5.90. The molecule has 1 aromatic rings. The van der Waals surface area contributed by atoms with Crippen molar-refractivity contribution in [2.24, 2.45) is 5.73 Å². The Morgan fingerprint density at radius 1 is 1.42 bits per heavy atom. The number of aliphatic hydroxyl groups excluding tert-OH is 2. The highest BCUT2D eigenvalue weighted by Gasteiger charge is 2.25. The molecule has 0 aliphatic rings. The van der Waals surface area contributed by atoms with Gasteiger partial charge in [0.2, 0.25) is 0 Å². The molecule has 104 valence electrons. The number of benzene rings is 1. The van der Waals surface area contributed by atoms with Crippen molar-refractivity contribution < 1.29 is 25.0 Å². The lowest BCUT2D eigenvalue weighted by Gasteiger charge is -2.18. The van der Waals surface area contributed by atoms with Gasteiger partial charge in [-0.25, -0.2) is 4.79 Å². The molecule has 0 saturated carbocycles. The van der Waals surface area contributed by atoms with Gasteiger partial charge in [0.05, 0.1) is 16.6 Å². The molecule has 1 aromatic carbocycles. The van der Waals surface area contributed by atoms with E-state index in [1.54, 1.807) is 0 Å². The Kier molecular flexibility index (Phi) is 4.93. The zero-order valence-corrected chi connectivity index (χ0v) is 9.89. The summed E-state index contributed by atoms with van der Waals surface area (Å²) in [5.74, 6) is -1.34. The van der Waals surface area contributed by atoms with E-state index in [0.29, 0.717) is 0 Å². The molecule has 0 amide bonds. The molecule has 0 fully saturated rings. The van der Waals surface area contributed by atoms with Crippen molar-refractivity contribution in [2.45, 2.75) is 18.6 Å². The van der Waals surface area contributed by atoms with Crippen molar-refractivity contribution >= 4 is 11.7 Å². The van der Waals surface area contributed by atoms with E-state index in [1.165, 1.54) is 0 Å². The topological polar surface area (TPSA) is 147 Å². The number of carbonyl (C=O) groups is 1. The molecular weight excluding hydrogens is 256 g/mol. The first-order valence-corrected chi connectivity index (χ1v) is 5.46. The SMILES string of the molecule is NCCC(O)C(O)c1cc([N+](=O)[O-])ccc1C(=O)O. The number of nitrogens with zero attached hydrogens (tertiary/aromatic N) is 1. The summed E-state index contributed by atoms with van der Waals surface area (Å²) in [6.45, 7) is 0.0928. The molecule has 8 nitrogen and oxygen atoms in total. The molecule has 0 saturated heterocycles. The maximum absolute atomic E-state index is 11.0. The van der Waals surface area contributed by atoms with E-state index in [9.17, 15) is 25.1 Å². The number of rotatable bonds is 6. The summed E-state index contributed by atoms with van der Waals surface area (Å²) in [5, 5.41) is 39.1. The second kappa shape index (κ2) is 6.23. The third-order valence-electron chi connectivity index (χ3n) is 2.62. The number of carboxylic acid groups (broad SMARTS) is 1. The number of hydrogen-bond acceptors (Lipinski definition) is 6. The van der Waals surface area contributed by atoms with Gasteiger partial charge in [-0.05, 0) is 19.0 Å². The lowest BCUT2D eigenvalue weighted by molar-refractivity contribution is -0.385. The van der Waals surface area contributed by atoms with Crippen LogP contribution in [0.3, 0.4) is 0 Å². The Bertz CT molecular complexity index is 490. The predicted octanol–water partition coefficient (Wildman–Crippen LogP) is 0.0361. The van der Waals surface area contributed by atoms with E-state index in [0.717, 1.165) is 18.2 Å². The van der Waals surface area contributed by atoms with Crippen molar-refractivity contribution in [2.75, 3.05) is 6.54 Å². The van der Waals surface area contributed by atoms with Gasteiger partial charge < -0.3 is 21.1 Å². The molecule has 0 heterocycles. The molecule has 1 rings (SSSR count). The standard InChI is InChI=1S/C11H14N2O6/c12-4-3-9(14)10(15)8-5-6(13(18)19)1-2-7(8)11(16)17/h1-2,5,9-10,14-15H,3-4,12H2,(H,16,17). The van der Waals surface area contributed by atoms with Crippen molar-refractivity contribution in [1.82, 2.24) is 0 Å². The van der Waals surface area contributed by atoms with E-state index < -0.39 is 23.1 Å². The summed E-state index contributed by atoms with van der Waals surface area (Å²) < 4.78 is 0. The highest BCUT2D eigenvalue weighted by Crippen LogP contribution is 2.26. The number of nitro groups is 1. The van der Waals surface area contributed by atoms with Crippen LogP contribution in [0, 0.1) is 10.1 Å². The Balaban J connectivity index is 3.24. The zero-order chi connectivity index (χ0) is 14.6. The monoisotopic (exact) mass is 270 g/mol. The number of non-ortho nitro benzene ring substituents is 1. The van der Waals surface area contributed by atoms with Gasteiger partial charge >= 0.3 is 5.97 Å². The average Bonchev–Trinajstić information content (AvgIpc) is 2.37. The van der Waals surface area contributed by atoms with Gasteiger partial charge in [-0.15, -0.1) is 0 Å². The first kappa shape index (κ1) is 15.0. The Hall–Kier alpha value is -2.03. The van der Waals surface area contributed by atoms with Crippen molar-refractivity contribution in [3.8, 4) is 0 Å². The number of hydrogen-bond donors (Lipinski definition) is 4. The van der Waals surface area contributed by atoms with E-state index in [4.69, 9.17) is 10.8 Å². The number of nitrogens with two attached hydrogens (primary N) is 1. The minimum Gasteiger partial charge on any atom is -0.478 e. The number of aliphatic hydroxyl groups is 2. The summed E-state index contributed by atoms with van der Waals surface area (Å²) >= 11 is 0. The predicted molar refractivity (Wildman–Crippen MR) is 64.7 cm³/mol. The maximum Gasteiger partial charge on any atom is 0.336 e. The van der Waals surface area contributed by atoms with Crippen LogP contribution in [0.2, 0.25) is 0 Å². The third-order valence-corrected chi connectivity index (χ3v) is 2.62. The van der Waals surface area contributed by atoms with Gasteiger partial charge in [0.15, 0.2) is 0 Å². The van der Waals surface area contributed by atoms with E-state index in [-0.39, 0.29) is 29.8 Å². The molecule has 2 atom stereocenters. The van der Waals surface area contributed by atoms with Gasteiger partial charge in [-0.3, -0.25) is 10.1 Å². The van der Waals surface area contributed by atoms with Gasteiger partial charge in [0.25, 0.3) is 5.69 Å². The highest BCUT2D eigenvalue weighted by atomic mass is 16.6. The second-order valence-corrected chi connectivity index (χ2v) is 3.92. The van der Waals surface area contributed by atoms with Crippen molar-refractivity contribution in [1.29, 1.82) is 0 Å². The van der Waals surface area contributed by atoms with Crippen molar-refractivity contribution in [3.05, 3.63) is 39.4 Å². The molecule has 19 heavy (non-hydrogen) atoms. The van der Waals surface area contributed by atoms with Crippen LogP contribution in [0.15, 0.2) is 18.2 Å². The molecule has 0 aromatic heterocycles. The minimum atomic E-state index is -1.55. The lowest BCUT2D eigenvalue weighted by Crippen LogP contribution is -2.23. The molecule has 0 spiro atoms. The van der Waals surface area contributed by atoms with Crippen LogP contribution in [-0.2, 0) is 0 Å². The quantitative estimate of drug-likeness (QED) is 0.421. The Morgan fingerprint density at radius 2 is 2.05 bits per heavy atom. The van der Waals surface area contributed by atoms with Crippen LogP contribution in [0.1, 0.15) is 28.4 Å². The first-order chi connectivity index (χ1) is 8.88. The summed E-state index contributed by atoms with van der Waals surface area (Å²) in [4.78, 5) is 20.9. The largest absolute Gasteiger partial charge is 0.478 e. The molecule has 8 heteroatoms. The van der Waals surface area contributed by atoms with Gasteiger partial charge in [-0.2, -0.15) is 0 Å². The molecule has 2 unspecified atom stereocenters. The third kappa shape index (κ3) is 3.47. The average molecular weight is 270 g/mol. The van der Waals surface area contributed by atoms with Crippen LogP contribution in [-0.4, -0.2) is 38.9 Å². The molecular formula is C11H14N2O6. The second-order valence-electron chi connectivity index (χ2n) is 3.92. The fraction of sp³-hybridized carbons (Fsp3) is 0.364. The van der Waals surface area contributed by atoms with Crippen molar-refractivity contribution in [3.63, 3.8) is 0 Å². The number of nitro benzene ring substituents is 1. The molecule has 0 aliphatic carbocycles. The fourth-order valence-corrected chi connectivity index (χ4v) is 1.64. The minimum absolute atomic E-state index is 0.0446. The van der Waals surface area contributed by atoms with Crippen LogP contribution < -0.4 is 5.73 Å². The van der Waals surface area contributed by atoms with Gasteiger partial charge in [0, 0.05) is 17.7 Å². The molecule has 0 aliphatic heterocycles. The van der Waals surface area contributed by atoms with Crippen LogP contribution in [0.25, 0.3) is 0 Å². The summed E-state index contributed by atoms with van der Waals surface area (Å²) in [7, 11) is 0. The lowest BCUT2D eigenvalue weighted by atomic mass is 9.96.